The third kappa shape index (κ3) is 12.0. The van der Waals surface area contributed by atoms with Crippen LogP contribution < -0.4 is 21.1 Å². The Balaban J connectivity index is 2.78. The first-order chi connectivity index (χ1) is 16.1. The first-order valence-corrected chi connectivity index (χ1v) is 12.1. The Morgan fingerprint density at radius 3 is 2.50 bits per heavy atom. The van der Waals surface area contributed by atoms with Crippen LogP contribution in [0, 0.1) is 5.92 Å². The summed E-state index contributed by atoms with van der Waals surface area (Å²) in [6.07, 6.45) is 2.73. The van der Waals surface area contributed by atoms with Crippen molar-refractivity contribution in [3.8, 4) is 5.75 Å². The van der Waals surface area contributed by atoms with Crippen LogP contribution in [0.5, 0.6) is 5.75 Å². The van der Waals surface area contributed by atoms with Crippen molar-refractivity contribution in [2.45, 2.75) is 83.9 Å². The third-order valence-corrected chi connectivity index (χ3v) is 5.49. The molecule has 0 aromatic heterocycles. The molecular weight excluding hydrogens is 438 g/mol. The molecular formula is C25H41N3O6. The highest BCUT2D eigenvalue weighted by atomic mass is 16.5. The number of carboxylic acids is 1. The van der Waals surface area contributed by atoms with E-state index < -0.39 is 30.1 Å². The van der Waals surface area contributed by atoms with Crippen LogP contribution in [0.1, 0.15) is 64.9 Å². The van der Waals surface area contributed by atoms with Crippen LogP contribution in [0.2, 0.25) is 0 Å². The molecule has 9 heteroatoms. The second-order valence-corrected chi connectivity index (χ2v) is 8.80. The molecule has 0 spiro atoms. The predicted molar refractivity (Wildman–Crippen MR) is 130 cm³/mol. The van der Waals surface area contributed by atoms with Gasteiger partial charge in [-0.1, -0.05) is 32.4 Å². The number of rotatable bonds is 17. The van der Waals surface area contributed by atoms with Crippen LogP contribution in [0.3, 0.4) is 0 Å². The zero-order chi connectivity index (χ0) is 25.5. The topological polar surface area (TPSA) is 151 Å². The molecule has 0 aliphatic rings. The number of hydrogen-bond donors (Lipinski definition) is 5. The van der Waals surface area contributed by atoms with E-state index >= 15 is 0 Å². The van der Waals surface area contributed by atoms with Crippen molar-refractivity contribution in [1.29, 1.82) is 0 Å². The van der Waals surface area contributed by atoms with Gasteiger partial charge in [0, 0.05) is 18.9 Å². The van der Waals surface area contributed by atoms with Gasteiger partial charge in [-0.25, -0.2) is 0 Å². The van der Waals surface area contributed by atoms with Gasteiger partial charge in [0.2, 0.25) is 11.8 Å². The van der Waals surface area contributed by atoms with E-state index in [1.807, 2.05) is 25.1 Å². The number of amides is 2. The summed E-state index contributed by atoms with van der Waals surface area (Å²) < 4.78 is 5.72. The molecule has 0 saturated carbocycles. The number of carboxylic acid groups (broad SMARTS) is 1. The number of aliphatic hydroxyl groups is 1. The number of hydrogen-bond acceptors (Lipinski definition) is 6. The zero-order valence-corrected chi connectivity index (χ0v) is 20.6. The summed E-state index contributed by atoms with van der Waals surface area (Å²) in [6.45, 7) is 6.37. The van der Waals surface area contributed by atoms with Crippen LogP contribution in [0.25, 0.3) is 0 Å². The first-order valence-electron chi connectivity index (χ1n) is 12.1. The van der Waals surface area contributed by atoms with Gasteiger partial charge in [-0.2, -0.15) is 0 Å². The highest BCUT2D eigenvalue weighted by molar-refractivity contribution is 5.81. The Hall–Kier alpha value is -2.65. The average molecular weight is 480 g/mol. The van der Waals surface area contributed by atoms with Crippen molar-refractivity contribution in [1.82, 2.24) is 10.6 Å². The Morgan fingerprint density at radius 1 is 1.12 bits per heavy atom. The summed E-state index contributed by atoms with van der Waals surface area (Å²) in [4.78, 5) is 35.2. The Bertz CT molecular complexity index is 771. The maximum absolute atomic E-state index is 12.3. The van der Waals surface area contributed by atoms with Gasteiger partial charge in [-0.3, -0.25) is 14.4 Å². The lowest BCUT2D eigenvalue weighted by Crippen LogP contribution is -2.50. The van der Waals surface area contributed by atoms with E-state index in [1.165, 1.54) is 0 Å². The van der Waals surface area contributed by atoms with E-state index in [4.69, 9.17) is 15.6 Å². The van der Waals surface area contributed by atoms with E-state index in [9.17, 15) is 19.5 Å². The van der Waals surface area contributed by atoms with E-state index in [1.54, 1.807) is 19.9 Å². The van der Waals surface area contributed by atoms with E-state index in [-0.39, 0.29) is 24.7 Å². The lowest BCUT2D eigenvalue weighted by molar-refractivity contribution is -0.137. The monoisotopic (exact) mass is 479 g/mol. The van der Waals surface area contributed by atoms with Crippen LogP contribution >= 0.6 is 0 Å². The summed E-state index contributed by atoms with van der Waals surface area (Å²) in [6, 6.07) is 5.96. The molecule has 0 radical (unpaired) electrons. The summed E-state index contributed by atoms with van der Waals surface area (Å²) in [5.41, 5.74) is 6.55. The van der Waals surface area contributed by atoms with Crippen molar-refractivity contribution in [2.75, 3.05) is 13.2 Å². The zero-order valence-electron chi connectivity index (χ0n) is 20.6. The molecule has 6 N–H and O–H groups in total. The van der Waals surface area contributed by atoms with E-state index in [0.717, 1.165) is 18.4 Å². The van der Waals surface area contributed by atoms with E-state index in [0.29, 0.717) is 38.2 Å². The fourth-order valence-corrected chi connectivity index (χ4v) is 3.38. The van der Waals surface area contributed by atoms with Crippen LogP contribution in [-0.2, 0) is 20.8 Å². The molecule has 0 aliphatic carbocycles. The normalized spacial score (nSPS) is 14.5. The van der Waals surface area contributed by atoms with Crippen molar-refractivity contribution in [3.05, 3.63) is 29.8 Å². The number of ether oxygens (including phenoxy) is 1. The van der Waals surface area contributed by atoms with Gasteiger partial charge in [0.1, 0.15) is 5.75 Å². The summed E-state index contributed by atoms with van der Waals surface area (Å²) >= 11 is 0. The van der Waals surface area contributed by atoms with Gasteiger partial charge < -0.3 is 31.3 Å². The third-order valence-electron chi connectivity index (χ3n) is 5.49. The number of nitrogens with one attached hydrogen (secondary N) is 2. The minimum atomic E-state index is -0.949. The minimum absolute atomic E-state index is 0.108. The van der Waals surface area contributed by atoms with Crippen LogP contribution in [0.15, 0.2) is 24.3 Å². The molecule has 0 aliphatic heterocycles. The number of carbonyl (C=O) groups is 3. The lowest BCUT2D eigenvalue weighted by atomic mass is 9.93. The maximum Gasteiger partial charge on any atom is 0.303 e. The number of aliphatic hydroxyl groups excluding tert-OH is 1. The van der Waals surface area contributed by atoms with Crippen molar-refractivity contribution in [3.63, 3.8) is 0 Å². The number of carbonyl (C=O) groups excluding carboxylic acids is 2. The molecule has 0 heterocycles. The molecule has 0 saturated heterocycles. The summed E-state index contributed by atoms with van der Waals surface area (Å²) in [7, 11) is 0. The summed E-state index contributed by atoms with van der Waals surface area (Å²) in [5, 5.41) is 25.3. The van der Waals surface area contributed by atoms with Crippen molar-refractivity contribution in [2.24, 2.45) is 11.7 Å². The minimum Gasteiger partial charge on any atom is -0.494 e. The Kier molecular flexibility index (Phi) is 13.9. The second kappa shape index (κ2) is 16.1. The highest BCUT2D eigenvalue weighted by Crippen LogP contribution is 2.18. The average Bonchev–Trinajstić information content (AvgIpc) is 2.78. The van der Waals surface area contributed by atoms with Gasteiger partial charge in [0.15, 0.2) is 0 Å². The molecule has 4 atom stereocenters. The Morgan fingerprint density at radius 2 is 1.85 bits per heavy atom. The Labute approximate surface area is 202 Å². The largest absolute Gasteiger partial charge is 0.494 e. The molecule has 192 valence electrons. The fraction of sp³-hybridized carbons (Fsp3) is 0.640. The van der Waals surface area contributed by atoms with Crippen molar-refractivity contribution < 1.29 is 29.3 Å². The van der Waals surface area contributed by atoms with Gasteiger partial charge in [0.05, 0.1) is 24.8 Å². The smallest absolute Gasteiger partial charge is 0.303 e. The van der Waals surface area contributed by atoms with Crippen molar-refractivity contribution >= 4 is 17.8 Å². The SMILES string of the molecule is CCCCNC(=O)[C@@H](C)C[C@@H](O)[C@H](Cc1cccc(OCCCCC(=O)O)c1)NC(=O)[C@H](C)N. The standard InChI is InChI=1S/C25H41N3O6/c1-4-5-12-27-24(32)17(2)14-22(29)21(28-25(33)18(3)26)16-19-9-8-10-20(15-19)34-13-7-6-11-23(30)31/h8-10,15,17-18,21-22,29H,4-7,11-14,16,26H2,1-3H3,(H,27,32)(H,28,33)(H,30,31)/t17-,18-,21-,22+/m0/s1. The van der Waals surface area contributed by atoms with Gasteiger partial charge in [-0.15, -0.1) is 0 Å². The van der Waals surface area contributed by atoms with Gasteiger partial charge in [-0.05, 0) is 56.7 Å². The van der Waals surface area contributed by atoms with E-state index in [2.05, 4.69) is 10.6 Å². The predicted octanol–water partition coefficient (Wildman–Crippen LogP) is 2.00. The maximum atomic E-state index is 12.3. The molecule has 0 bridgehead atoms. The van der Waals surface area contributed by atoms with Gasteiger partial charge >= 0.3 is 5.97 Å². The van der Waals surface area contributed by atoms with Gasteiger partial charge in [0.25, 0.3) is 0 Å². The second-order valence-electron chi connectivity index (χ2n) is 8.80. The first kappa shape index (κ1) is 29.4. The molecule has 0 fully saturated rings. The molecule has 9 nitrogen and oxygen atoms in total. The summed E-state index contributed by atoms with van der Waals surface area (Å²) in [5.74, 6) is -1.11. The number of aliphatic carboxylic acids is 1. The number of unbranched alkanes of at least 4 members (excludes halogenated alkanes) is 2. The number of nitrogens with two attached hydrogens (primary N) is 1. The number of benzene rings is 1. The molecule has 0 unspecified atom stereocenters. The highest BCUT2D eigenvalue weighted by Gasteiger charge is 2.27. The lowest BCUT2D eigenvalue weighted by Gasteiger charge is -2.27. The van der Waals surface area contributed by atoms with Crippen LogP contribution in [-0.4, -0.2) is 59.3 Å². The quantitative estimate of drug-likeness (QED) is 0.214. The molecule has 1 aromatic carbocycles. The molecule has 2 amide bonds. The molecule has 1 rings (SSSR count). The molecule has 34 heavy (non-hydrogen) atoms. The fourth-order valence-electron chi connectivity index (χ4n) is 3.38. The molecule has 1 aromatic rings. The van der Waals surface area contributed by atoms with Crippen LogP contribution in [0.4, 0.5) is 0 Å².